The molecular formula is C10H21NO3. The molecule has 4 heteroatoms. The van der Waals surface area contributed by atoms with Gasteiger partial charge >= 0.3 is 5.97 Å². The van der Waals surface area contributed by atoms with E-state index >= 15 is 0 Å². The fourth-order valence-electron chi connectivity index (χ4n) is 1.06. The van der Waals surface area contributed by atoms with Crippen LogP contribution in [0.15, 0.2) is 0 Å². The van der Waals surface area contributed by atoms with E-state index in [1.54, 1.807) is 7.11 Å². The summed E-state index contributed by atoms with van der Waals surface area (Å²) in [6.45, 7) is 4.88. The van der Waals surface area contributed by atoms with Gasteiger partial charge in [0.2, 0.25) is 0 Å². The van der Waals surface area contributed by atoms with Crippen molar-refractivity contribution >= 4 is 5.97 Å². The molecule has 0 fully saturated rings. The van der Waals surface area contributed by atoms with Gasteiger partial charge in [-0.15, -0.1) is 0 Å². The smallest absolute Gasteiger partial charge is 0.305 e. The molecule has 84 valence electrons. The molecular weight excluding hydrogens is 182 g/mol. The summed E-state index contributed by atoms with van der Waals surface area (Å²) >= 11 is 0. The molecule has 14 heavy (non-hydrogen) atoms. The molecule has 0 amide bonds. The van der Waals surface area contributed by atoms with Gasteiger partial charge in [0.05, 0.1) is 6.61 Å². The van der Waals surface area contributed by atoms with E-state index in [0.29, 0.717) is 13.0 Å². The quantitative estimate of drug-likeness (QED) is 0.448. The van der Waals surface area contributed by atoms with Crippen LogP contribution in [0.5, 0.6) is 0 Å². The molecule has 0 radical (unpaired) electrons. The largest absolute Gasteiger partial charge is 0.466 e. The second-order valence-corrected chi connectivity index (χ2v) is 3.00. The number of ether oxygens (including phenoxy) is 2. The van der Waals surface area contributed by atoms with Crippen molar-refractivity contribution in [3.8, 4) is 0 Å². The Labute approximate surface area is 86.0 Å². The Morgan fingerprint density at radius 1 is 1.29 bits per heavy atom. The molecule has 0 saturated carbocycles. The monoisotopic (exact) mass is 203 g/mol. The van der Waals surface area contributed by atoms with Crippen LogP contribution in [0, 0.1) is 0 Å². The highest BCUT2D eigenvalue weighted by Crippen LogP contribution is 1.91. The molecule has 0 aliphatic carbocycles. The highest BCUT2D eigenvalue weighted by molar-refractivity contribution is 5.69. The van der Waals surface area contributed by atoms with Crippen molar-refractivity contribution < 1.29 is 14.3 Å². The van der Waals surface area contributed by atoms with Crippen LogP contribution in [0.4, 0.5) is 0 Å². The zero-order valence-corrected chi connectivity index (χ0v) is 9.17. The van der Waals surface area contributed by atoms with Crippen molar-refractivity contribution in [2.45, 2.75) is 26.2 Å². The summed E-state index contributed by atoms with van der Waals surface area (Å²) in [5.74, 6) is -0.105. The average molecular weight is 203 g/mol. The first-order valence-electron chi connectivity index (χ1n) is 5.16. The SMILES string of the molecule is CCOC(=O)CCCNCCCOC. The van der Waals surface area contributed by atoms with E-state index in [1.165, 1.54) is 0 Å². The molecule has 0 spiro atoms. The highest BCUT2D eigenvalue weighted by atomic mass is 16.5. The third-order valence-corrected chi connectivity index (χ3v) is 1.74. The van der Waals surface area contributed by atoms with Crippen LogP contribution >= 0.6 is 0 Å². The lowest BCUT2D eigenvalue weighted by molar-refractivity contribution is -0.143. The van der Waals surface area contributed by atoms with E-state index in [-0.39, 0.29) is 5.97 Å². The lowest BCUT2D eigenvalue weighted by Gasteiger charge is -2.04. The molecule has 0 aromatic heterocycles. The molecule has 1 N–H and O–H groups in total. The van der Waals surface area contributed by atoms with Crippen LogP contribution in [0.25, 0.3) is 0 Å². The maximum atomic E-state index is 10.9. The van der Waals surface area contributed by atoms with E-state index in [0.717, 1.165) is 32.5 Å². The predicted octanol–water partition coefficient (Wildman–Crippen LogP) is 0.956. The van der Waals surface area contributed by atoms with Crippen molar-refractivity contribution in [1.82, 2.24) is 5.32 Å². The van der Waals surface area contributed by atoms with E-state index in [9.17, 15) is 4.79 Å². The maximum Gasteiger partial charge on any atom is 0.305 e. The lowest BCUT2D eigenvalue weighted by Crippen LogP contribution is -2.19. The van der Waals surface area contributed by atoms with Gasteiger partial charge in [-0.3, -0.25) is 4.79 Å². The average Bonchev–Trinajstić information content (AvgIpc) is 2.17. The van der Waals surface area contributed by atoms with Gasteiger partial charge in [-0.05, 0) is 32.9 Å². The van der Waals surface area contributed by atoms with Crippen molar-refractivity contribution in [3.05, 3.63) is 0 Å². The fourth-order valence-corrected chi connectivity index (χ4v) is 1.06. The lowest BCUT2D eigenvalue weighted by atomic mass is 10.3. The van der Waals surface area contributed by atoms with Gasteiger partial charge in [0.15, 0.2) is 0 Å². The molecule has 4 nitrogen and oxygen atoms in total. The van der Waals surface area contributed by atoms with E-state index < -0.39 is 0 Å². The Morgan fingerprint density at radius 2 is 2.00 bits per heavy atom. The summed E-state index contributed by atoms with van der Waals surface area (Å²) in [5.41, 5.74) is 0. The minimum Gasteiger partial charge on any atom is -0.466 e. The summed E-state index contributed by atoms with van der Waals surface area (Å²) in [6, 6.07) is 0. The zero-order valence-electron chi connectivity index (χ0n) is 9.17. The number of hydrogen-bond acceptors (Lipinski definition) is 4. The van der Waals surface area contributed by atoms with Crippen LogP contribution in [0.2, 0.25) is 0 Å². The second-order valence-electron chi connectivity index (χ2n) is 3.00. The summed E-state index contributed by atoms with van der Waals surface area (Å²) in [4.78, 5) is 10.9. The van der Waals surface area contributed by atoms with Crippen LogP contribution in [-0.2, 0) is 14.3 Å². The number of carbonyl (C=O) groups is 1. The Hall–Kier alpha value is -0.610. The van der Waals surface area contributed by atoms with Gasteiger partial charge < -0.3 is 14.8 Å². The van der Waals surface area contributed by atoms with E-state index in [1.807, 2.05) is 6.92 Å². The van der Waals surface area contributed by atoms with Gasteiger partial charge in [0.25, 0.3) is 0 Å². The molecule has 0 unspecified atom stereocenters. The first-order chi connectivity index (χ1) is 6.81. The summed E-state index contributed by atoms with van der Waals surface area (Å²) in [6.07, 6.45) is 2.35. The number of rotatable bonds is 9. The molecule has 0 aromatic carbocycles. The third kappa shape index (κ3) is 9.48. The summed E-state index contributed by atoms with van der Waals surface area (Å²) < 4.78 is 9.70. The number of esters is 1. The van der Waals surface area contributed by atoms with Gasteiger partial charge in [-0.2, -0.15) is 0 Å². The standard InChI is InChI=1S/C10H21NO3/c1-3-14-10(12)6-4-7-11-8-5-9-13-2/h11H,3-9H2,1-2H3. The molecule has 0 saturated heterocycles. The van der Waals surface area contributed by atoms with Crippen LogP contribution in [0.1, 0.15) is 26.2 Å². The minimum atomic E-state index is -0.105. The highest BCUT2D eigenvalue weighted by Gasteiger charge is 1.99. The van der Waals surface area contributed by atoms with Gasteiger partial charge in [-0.1, -0.05) is 0 Å². The minimum absolute atomic E-state index is 0.105. The van der Waals surface area contributed by atoms with E-state index in [4.69, 9.17) is 9.47 Å². The Kier molecular flexibility index (Phi) is 10.0. The normalized spacial score (nSPS) is 10.1. The first kappa shape index (κ1) is 13.4. The number of methoxy groups -OCH3 is 1. The van der Waals surface area contributed by atoms with Crippen molar-refractivity contribution in [1.29, 1.82) is 0 Å². The van der Waals surface area contributed by atoms with Crippen LogP contribution in [-0.4, -0.2) is 39.4 Å². The molecule has 0 rings (SSSR count). The molecule has 0 atom stereocenters. The van der Waals surface area contributed by atoms with Gasteiger partial charge in [0, 0.05) is 20.1 Å². The molecule has 0 aliphatic heterocycles. The fraction of sp³-hybridized carbons (Fsp3) is 0.900. The van der Waals surface area contributed by atoms with E-state index in [2.05, 4.69) is 5.32 Å². The molecule has 0 heterocycles. The predicted molar refractivity (Wildman–Crippen MR) is 55.2 cm³/mol. The van der Waals surface area contributed by atoms with Crippen LogP contribution in [0.3, 0.4) is 0 Å². The zero-order chi connectivity index (χ0) is 10.6. The summed E-state index contributed by atoms with van der Waals surface area (Å²) in [7, 11) is 1.70. The first-order valence-corrected chi connectivity index (χ1v) is 5.16. The number of carbonyl (C=O) groups excluding carboxylic acids is 1. The van der Waals surface area contributed by atoms with Crippen LogP contribution < -0.4 is 5.32 Å². The molecule has 0 bridgehead atoms. The Morgan fingerprint density at radius 3 is 2.64 bits per heavy atom. The molecule has 0 aliphatic rings. The molecule has 0 aromatic rings. The topological polar surface area (TPSA) is 47.6 Å². The third-order valence-electron chi connectivity index (χ3n) is 1.74. The van der Waals surface area contributed by atoms with Crippen molar-refractivity contribution in [2.75, 3.05) is 33.4 Å². The van der Waals surface area contributed by atoms with Gasteiger partial charge in [0.1, 0.15) is 0 Å². The maximum absolute atomic E-state index is 10.9. The number of hydrogen-bond donors (Lipinski definition) is 1. The summed E-state index contributed by atoms with van der Waals surface area (Å²) in [5, 5.41) is 3.23. The number of nitrogens with one attached hydrogen (secondary N) is 1. The second kappa shape index (κ2) is 10.5. The van der Waals surface area contributed by atoms with Crippen molar-refractivity contribution in [2.24, 2.45) is 0 Å². The van der Waals surface area contributed by atoms with Crippen molar-refractivity contribution in [3.63, 3.8) is 0 Å². The van der Waals surface area contributed by atoms with Gasteiger partial charge in [-0.25, -0.2) is 0 Å². The Balaban J connectivity index is 3.01. The Bertz CT molecular complexity index is 139.